The SMILES string of the molecule is Cc1cccc(N(CCCC(=O)N(Cc2ccccc2Cl)C(Cc2ccccc2)C(=O)NC(C)C)S(C)(=O)=O)c1C. The summed E-state index contributed by atoms with van der Waals surface area (Å²) in [5.74, 6) is -0.503. The molecular weight excluding hydrogens is 558 g/mol. The maximum absolute atomic E-state index is 13.9. The molecule has 0 spiro atoms. The van der Waals surface area contributed by atoms with E-state index >= 15 is 0 Å². The fraction of sp³-hybridized carbons (Fsp3) is 0.375. The van der Waals surface area contributed by atoms with E-state index < -0.39 is 16.1 Å². The lowest BCUT2D eigenvalue weighted by Crippen LogP contribution is -2.51. The Balaban J connectivity index is 1.91. The monoisotopic (exact) mass is 597 g/mol. The molecular formula is C32H40ClN3O4S. The van der Waals surface area contributed by atoms with Crippen molar-refractivity contribution in [2.24, 2.45) is 0 Å². The first-order valence-corrected chi connectivity index (χ1v) is 16.0. The van der Waals surface area contributed by atoms with Gasteiger partial charge in [0.1, 0.15) is 6.04 Å². The number of sulfonamides is 1. The van der Waals surface area contributed by atoms with Crippen LogP contribution in [0.1, 0.15) is 48.9 Å². The second kappa shape index (κ2) is 14.5. The minimum Gasteiger partial charge on any atom is -0.352 e. The fourth-order valence-electron chi connectivity index (χ4n) is 4.73. The lowest BCUT2D eigenvalue weighted by Gasteiger charge is -2.32. The molecule has 0 saturated carbocycles. The van der Waals surface area contributed by atoms with Gasteiger partial charge in [0.25, 0.3) is 0 Å². The molecule has 3 aromatic rings. The van der Waals surface area contributed by atoms with E-state index in [9.17, 15) is 18.0 Å². The topological polar surface area (TPSA) is 86.8 Å². The number of amides is 2. The molecule has 41 heavy (non-hydrogen) atoms. The van der Waals surface area contributed by atoms with Gasteiger partial charge < -0.3 is 10.2 Å². The largest absolute Gasteiger partial charge is 0.352 e. The van der Waals surface area contributed by atoms with Gasteiger partial charge in [0.2, 0.25) is 21.8 Å². The van der Waals surface area contributed by atoms with Crippen LogP contribution in [0.2, 0.25) is 5.02 Å². The zero-order valence-electron chi connectivity index (χ0n) is 24.4. The Morgan fingerprint density at radius 1 is 0.927 bits per heavy atom. The number of aryl methyl sites for hydroxylation is 1. The maximum atomic E-state index is 13.9. The van der Waals surface area contributed by atoms with Crippen molar-refractivity contribution in [3.63, 3.8) is 0 Å². The second-order valence-electron chi connectivity index (χ2n) is 10.6. The number of hydrogen-bond donors (Lipinski definition) is 1. The van der Waals surface area contributed by atoms with E-state index in [4.69, 9.17) is 11.6 Å². The Labute approximate surface area is 249 Å². The summed E-state index contributed by atoms with van der Waals surface area (Å²) in [5.41, 5.74) is 4.11. The molecule has 1 N–H and O–H groups in total. The van der Waals surface area contributed by atoms with Gasteiger partial charge in [-0.1, -0.05) is 72.3 Å². The average Bonchev–Trinajstić information content (AvgIpc) is 2.91. The summed E-state index contributed by atoms with van der Waals surface area (Å²) in [7, 11) is -3.59. The van der Waals surface area contributed by atoms with Gasteiger partial charge >= 0.3 is 0 Å². The fourth-order valence-corrected chi connectivity index (χ4v) is 5.94. The standard InChI is InChI=1S/C32H40ClN3O4S/c1-23(2)34-32(38)30(21-26-14-7-6-8-15-26)35(22-27-16-9-10-17-28(27)33)31(37)19-12-20-36(41(5,39)40)29-18-11-13-24(3)25(29)4/h6-11,13-18,23,30H,12,19-22H2,1-5H3,(H,34,38). The molecule has 0 aliphatic carbocycles. The van der Waals surface area contributed by atoms with Crippen LogP contribution in [0.5, 0.6) is 0 Å². The lowest BCUT2D eigenvalue weighted by atomic mass is 10.0. The Bertz CT molecular complexity index is 1440. The quantitative estimate of drug-likeness (QED) is 0.275. The molecule has 0 aliphatic rings. The summed E-state index contributed by atoms with van der Waals surface area (Å²) in [6.45, 7) is 7.87. The van der Waals surface area contributed by atoms with Gasteiger partial charge in [-0.3, -0.25) is 13.9 Å². The van der Waals surface area contributed by atoms with Crippen molar-refractivity contribution >= 4 is 39.1 Å². The van der Waals surface area contributed by atoms with Crippen LogP contribution >= 0.6 is 11.6 Å². The van der Waals surface area contributed by atoms with E-state index in [2.05, 4.69) is 5.32 Å². The van der Waals surface area contributed by atoms with Crippen molar-refractivity contribution in [3.05, 3.63) is 100 Å². The summed E-state index contributed by atoms with van der Waals surface area (Å²) >= 11 is 6.48. The highest BCUT2D eigenvalue weighted by molar-refractivity contribution is 7.92. The van der Waals surface area contributed by atoms with E-state index in [0.29, 0.717) is 17.1 Å². The Hall–Kier alpha value is -3.36. The van der Waals surface area contributed by atoms with Gasteiger partial charge in [-0.05, 0) is 68.5 Å². The van der Waals surface area contributed by atoms with Gasteiger partial charge in [-0.15, -0.1) is 0 Å². The molecule has 0 fully saturated rings. The van der Waals surface area contributed by atoms with E-state index in [1.54, 1.807) is 17.0 Å². The van der Waals surface area contributed by atoms with E-state index in [1.807, 2.05) is 88.4 Å². The summed E-state index contributed by atoms with van der Waals surface area (Å²) in [4.78, 5) is 29.0. The minimum absolute atomic E-state index is 0.0571. The Morgan fingerprint density at radius 2 is 1.59 bits per heavy atom. The second-order valence-corrected chi connectivity index (χ2v) is 13.0. The molecule has 0 heterocycles. The molecule has 0 aromatic heterocycles. The molecule has 9 heteroatoms. The van der Waals surface area contributed by atoms with Crippen LogP contribution in [0.3, 0.4) is 0 Å². The molecule has 1 unspecified atom stereocenters. The van der Waals surface area contributed by atoms with Crippen molar-refractivity contribution in [1.82, 2.24) is 10.2 Å². The van der Waals surface area contributed by atoms with Crippen LogP contribution in [0.15, 0.2) is 72.8 Å². The zero-order valence-corrected chi connectivity index (χ0v) is 26.0. The van der Waals surface area contributed by atoms with Crippen LogP contribution in [0, 0.1) is 13.8 Å². The summed E-state index contributed by atoms with van der Waals surface area (Å²) in [5, 5.41) is 3.48. The van der Waals surface area contributed by atoms with Crippen LogP contribution < -0.4 is 9.62 Å². The summed E-state index contributed by atoms with van der Waals surface area (Å²) < 4.78 is 26.9. The molecule has 220 valence electrons. The van der Waals surface area contributed by atoms with Crippen molar-refractivity contribution < 1.29 is 18.0 Å². The van der Waals surface area contributed by atoms with E-state index in [-0.39, 0.29) is 43.8 Å². The number of carbonyl (C=O) groups excluding carboxylic acids is 2. The minimum atomic E-state index is -3.59. The first-order chi connectivity index (χ1) is 19.4. The molecule has 3 aromatic carbocycles. The first-order valence-electron chi connectivity index (χ1n) is 13.8. The third-order valence-electron chi connectivity index (χ3n) is 7.00. The Morgan fingerprint density at radius 3 is 2.22 bits per heavy atom. The number of rotatable bonds is 13. The van der Waals surface area contributed by atoms with Crippen LogP contribution in [0.4, 0.5) is 5.69 Å². The number of halogens is 1. The van der Waals surface area contributed by atoms with Crippen molar-refractivity contribution in [3.8, 4) is 0 Å². The third-order valence-corrected chi connectivity index (χ3v) is 8.55. The van der Waals surface area contributed by atoms with Crippen LogP contribution in [-0.2, 0) is 32.6 Å². The highest BCUT2D eigenvalue weighted by atomic mass is 35.5. The number of nitrogens with one attached hydrogen (secondary N) is 1. The molecule has 0 saturated heterocycles. The van der Waals surface area contributed by atoms with Crippen molar-refractivity contribution in [1.29, 1.82) is 0 Å². The Kier molecular flexibility index (Phi) is 11.4. The van der Waals surface area contributed by atoms with Gasteiger partial charge in [0.15, 0.2) is 0 Å². The van der Waals surface area contributed by atoms with Crippen LogP contribution in [0.25, 0.3) is 0 Å². The van der Waals surface area contributed by atoms with E-state index in [1.165, 1.54) is 10.6 Å². The van der Waals surface area contributed by atoms with Gasteiger partial charge in [-0.25, -0.2) is 8.42 Å². The van der Waals surface area contributed by atoms with Crippen molar-refractivity contribution in [2.75, 3.05) is 17.1 Å². The molecule has 0 radical (unpaired) electrons. The zero-order chi connectivity index (χ0) is 30.2. The molecule has 0 aliphatic heterocycles. The predicted octanol–water partition coefficient (Wildman–Crippen LogP) is 5.67. The lowest BCUT2D eigenvalue weighted by molar-refractivity contribution is -0.141. The number of anilines is 1. The number of carbonyl (C=O) groups is 2. The first kappa shape index (κ1) is 32.2. The average molecular weight is 598 g/mol. The predicted molar refractivity (Wildman–Crippen MR) is 167 cm³/mol. The molecule has 0 bridgehead atoms. The molecule has 7 nitrogen and oxygen atoms in total. The molecule has 2 amide bonds. The molecule has 3 rings (SSSR count). The summed E-state index contributed by atoms with van der Waals surface area (Å²) in [6, 6.07) is 21.5. The van der Waals surface area contributed by atoms with Crippen molar-refractivity contribution in [2.45, 2.75) is 65.6 Å². The number of hydrogen-bond acceptors (Lipinski definition) is 4. The van der Waals surface area contributed by atoms with Gasteiger partial charge in [-0.2, -0.15) is 0 Å². The molecule has 1 atom stereocenters. The normalized spacial score (nSPS) is 12.2. The van der Waals surface area contributed by atoms with Gasteiger partial charge in [0.05, 0.1) is 11.9 Å². The third kappa shape index (κ3) is 9.07. The highest BCUT2D eigenvalue weighted by Crippen LogP contribution is 2.26. The van der Waals surface area contributed by atoms with Crippen LogP contribution in [-0.4, -0.2) is 50.0 Å². The summed E-state index contributed by atoms with van der Waals surface area (Å²) in [6.07, 6.45) is 1.84. The number of benzene rings is 3. The number of nitrogens with zero attached hydrogens (tertiary/aromatic N) is 2. The van der Waals surface area contributed by atoms with E-state index in [0.717, 1.165) is 22.3 Å². The maximum Gasteiger partial charge on any atom is 0.243 e. The smallest absolute Gasteiger partial charge is 0.243 e. The highest BCUT2D eigenvalue weighted by Gasteiger charge is 2.31. The van der Waals surface area contributed by atoms with Gasteiger partial charge in [0, 0.05) is 37.0 Å².